The van der Waals surface area contributed by atoms with Crippen LogP contribution in [0, 0.1) is 0 Å². The van der Waals surface area contributed by atoms with Crippen molar-refractivity contribution in [3.63, 3.8) is 0 Å². The Labute approximate surface area is 368 Å². The summed E-state index contributed by atoms with van der Waals surface area (Å²) in [6.07, 6.45) is 44.8. The number of allylic oxidation sites excluding steroid dienone is 5. The Morgan fingerprint density at radius 1 is 0.550 bits per heavy atom. The molecule has 7 atom stereocenters. The highest BCUT2D eigenvalue weighted by Crippen LogP contribution is 2.23. The van der Waals surface area contributed by atoms with Crippen molar-refractivity contribution >= 4 is 5.91 Å². The standard InChI is InChI=1S/C51H95NO8/c1-3-5-7-9-11-13-15-17-19-20-21-22-23-24-25-27-28-30-32-34-36-38-40-45(54)44(43-59-51-50(58)49(57)48(56)46(42-53)60-51)52-47(55)41-39-37-35-33-31-29-26-18-16-14-12-10-8-6-4-2/h24-25,30,32,38,40,44-46,48-51,53-54,56-58H,3-23,26-29,31,33-37,39,41-43H2,1-2H3,(H,52,55)/b25-24+,32-30+,40-38+. The van der Waals surface area contributed by atoms with Crippen LogP contribution in [0.3, 0.4) is 0 Å². The molecule has 0 radical (unpaired) electrons. The van der Waals surface area contributed by atoms with Crippen LogP contribution in [0.5, 0.6) is 0 Å². The van der Waals surface area contributed by atoms with Crippen LogP contribution in [0.4, 0.5) is 0 Å². The summed E-state index contributed by atoms with van der Waals surface area (Å²) in [6.45, 7) is 3.76. The lowest BCUT2D eigenvalue weighted by Gasteiger charge is -2.40. The summed E-state index contributed by atoms with van der Waals surface area (Å²) in [5, 5.41) is 54.3. The summed E-state index contributed by atoms with van der Waals surface area (Å²) in [5.41, 5.74) is 0. The summed E-state index contributed by atoms with van der Waals surface area (Å²) < 4.78 is 11.2. The molecule has 0 bridgehead atoms. The van der Waals surface area contributed by atoms with Gasteiger partial charge in [-0.05, 0) is 44.9 Å². The Morgan fingerprint density at radius 3 is 1.40 bits per heavy atom. The first-order valence-corrected chi connectivity index (χ1v) is 25.2. The molecule has 1 saturated heterocycles. The van der Waals surface area contributed by atoms with Crippen LogP contribution in [0.2, 0.25) is 0 Å². The highest BCUT2D eigenvalue weighted by molar-refractivity contribution is 5.76. The molecule has 9 nitrogen and oxygen atoms in total. The molecule has 0 aliphatic carbocycles. The third-order valence-electron chi connectivity index (χ3n) is 11.9. The second-order valence-corrected chi connectivity index (χ2v) is 17.6. The number of aliphatic hydroxyl groups excluding tert-OH is 5. The average Bonchev–Trinajstić information content (AvgIpc) is 3.25. The molecule has 0 spiro atoms. The van der Waals surface area contributed by atoms with Gasteiger partial charge in [-0.3, -0.25) is 4.79 Å². The Balaban J connectivity index is 2.34. The lowest BCUT2D eigenvalue weighted by Crippen LogP contribution is -2.60. The molecule has 60 heavy (non-hydrogen) atoms. The molecule has 6 N–H and O–H groups in total. The summed E-state index contributed by atoms with van der Waals surface area (Å²) in [5.74, 6) is -0.189. The van der Waals surface area contributed by atoms with Gasteiger partial charge in [0.1, 0.15) is 24.4 Å². The maximum Gasteiger partial charge on any atom is 0.220 e. The molecule has 1 rings (SSSR count). The van der Waals surface area contributed by atoms with E-state index in [1.165, 1.54) is 161 Å². The predicted octanol–water partition coefficient (Wildman–Crippen LogP) is 11.2. The molecule has 0 aromatic carbocycles. The van der Waals surface area contributed by atoms with Gasteiger partial charge in [0.05, 0.1) is 25.4 Å². The van der Waals surface area contributed by atoms with Crippen LogP contribution in [0.15, 0.2) is 36.5 Å². The predicted molar refractivity (Wildman–Crippen MR) is 249 cm³/mol. The van der Waals surface area contributed by atoms with Gasteiger partial charge in [0, 0.05) is 6.42 Å². The molecular formula is C51H95NO8. The van der Waals surface area contributed by atoms with E-state index in [-0.39, 0.29) is 12.5 Å². The average molecular weight is 850 g/mol. The molecule has 0 aromatic rings. The van der Waals surface area contributed by atoms with E-state index >= 15 is 0 Å². The number of amides is 1. The largest absolute Gasteiger partial charge is 0.394 e. The van der Waals surface area contributed by atoms with Crippen molar-refractivity contribution in [2.24, 2.45) is 0 Å². The molecule has 0 aromatic heterocycles. The Bertz CT molecular complexity index is 1030. The van der Waals surface area contributed by atoms with Gasteiger partial charge in [-0.2, -0.15) is 0 Å². The first kappa shape index (κ1) is 56.4. The first-order valence-electron chi connectivity index (χ1n) is 25.2. The number of carbonyl (C=O) groups excluding carboxylic acids is 1. The smallest absolute Gasteiger partial charge is 0.220 e. The minimum atomic E-state index is -1.57. The minimum absolute atomic E-state index is 0.189. The number of hydrogen-bond acceptors (Lipinski definition) is 8. The van der Waals surface area contributed by atoms with Crippen LogP contribution < -0.4 is 5.32 Å². The zero-order valence-corrected chi connectivity index (χ0v) is 38.7. The maximum absolute atomic E-state index is 13.0. The quantitative estimate of drug-likeness (QED) is 0.0263. The zero-order chi connectivity index (χ0) is 43.7. The zero-order valence-electron chi connectivity index (χ0n) is 38.7. The molecule has 1 heterocycles. The van der Waals surface area contributed by atoms with Gasteiger partial charge < -0.3 is 40.3 Å². The maximum atomic E-state index is 13.0. The SMILES string of the molecule is CCCCCCCCCCCCCC/C=C/CC/C=C/CC/C=C/C(O)C(COC1OC(CO)C(O)C(O)C1O)NC(=O)CCCCCCCCCCCCCCCCC. The molecule has 1 amide bonds. The summed E-state index contributed by atoms with van der Waals surface area (Å²) in [7, 11) is 0. The van der Waals surface area contributed by atoms with Crippen molar-refractivity contribution in [2.45, 2.75) is 269 Å². The van der Waals surface area contributed by atoms with Crippen molar-refractivity contribution in [1.82, 2.24) is 5.32 Å². The highest BCUT2D eigenvalue weighted by Gasteiger charge is 2.44. The fourth-order valence-corrected chi connectivity index (χ4v) is 7.89. The third-order valence-corrected chi connectivity index (χ3v) is 11.9. The van der Waals surface area contributed by atoms with Gasteiger partial charge in [0.25, 0.3) is 0 Å². The lowest BCUT2D eigenvalue weighted by molar-refractivity contribution is -0.302. The van der Waals surface area contributed by atoms with Gasteiger partial charge in [-0.15, -0.1) is 0 Å². The molecule has 352 valence electrons. The number of ether oxygens (including phenoxy) is 2. The van der Waals surface area contributed by atoms with Gasteiger partial charge in [-0.25, -0.2) is 0 Å². The lowest BCUT2D eigenvalue weighted by atomic mass is 9.99. The van der Waals surface area contributed by atoms with E-state index in [0.29, 0.717) is 6.42 Å². The molecule has 1 fully saturated rings. The minimum Gasteiger partial charge on any atom is -0.394 e. The van der Waals surface area contributed by atoms with Gasteiger partial charge in [-0.1, -0.05) is 211 Å². The van der Waals surface area contributed by atoms with E-state index in [0.717, 1.165) is 44.9 Å². The Kier molecular flexibility index (Phi) is 39.0. The van der Waals surface area contributed by atoms with Crippen LogP contribution >= 0.6 is 0 Å². The number of nitrogens with one attached hydrogen (secondary N) is 1. The molecule has 1 aliphatic heterocycles. The molecule has 1 aliphatic rings. The summed E-state index contributed by atoms with van der Waals surface area (Å²) in [6, 6.07) is -0.824. The number of unbranched alkanes of at least 4 members (excludes halogenated alkanes) is 28. The van der Waals surface area contributed by atoms with E-state index in [2.05, 4.69) is 43.5 Å². The third kappa shape index (κ3) is 31.3. The van der Waals surface area contributed by atoms with E-state index in [1.807, 2.05) is 6.08 Å². The molecule has 7 unspecified atom stereocenters. The van der Waals surface area contributed by atoms with Crippen molar-refractivity contribution in [1.29, 1.82) is 0 Å². The van der Waals surface area contributed by atoms with Crippen LogP contribution in [0.1, 0.15) is 226 Å². The van der Waals surface area contributed by atoms with Crippen LogP contribution in [-0.2, 0) is 14.3 Å². The van der Waals surface area contributed by atoms with Crippen LogP contribution in [0.25, 0.3) is 0 Å². The van der Waals surface area contributed by atoms with E-state index in [4.69, 9.17) is 9.47 Å². The molecule has 0 saturated carbocycles. The highest BCUT2D eigenvalue weighted by atomic mass is 16.7. The normalized spacial score (nSPS) is 20.8. The number of hydrogen-bond donors (Lipinski definition) is 6. The van der Waals surface area contributed by atoms with E-state index < -0.39 is 49.5 Å². The van der Waals surface area contributed by atoms with Gasteiger partial charge in [0.2, 0.25) is 5.91 Å². The number of carbonyl (C=O) groups is 1. The second kappa shape index (κ2) is 41.4. The summed E-state index contributed by atoms with van der Waals surface area (Å²) >= 11 is 0. The van der Waals surface area contributed by atoms with E-state index in [1.54, 1.807) is 6.08 Å². The first-order chi connectivity index (χ1) is 29.3. The van der Waals surface area contributed by atoms with E-state index in [9.17, 15) is 30.3 Å². The van der Waals surface area contributed by atoms with Crippen molar-refractivity contribution in [3.05, 3.63) is 36.5 Å². The topological polar surface area (TPSA) is 149 Å². The van der Waals surface area contributed by atoms with Crippen molar-refractivity contribution in [3.8, 4) is 0 Å². The number of rotatable bonds is 42. The fourth-order valence-electron chi connectivity index (χ4n) is 7.89. The monoisotopic (exact) mass is 850 g/mol. The summed E-state index contributed by atoms with van der Waals surface area (Å²) in [4.78, 5) is 13.0. The molecule has 9 heteroatoms. The van der Waals surface area contributed by atoms with Crippen molar-refractivity contribution < 1.29 is 39.8 Å². The van der Waals surface area contributed by atoms with Gasteiger partial charge in [0.15, 0.2) is 6.29 Å². The Hall–Kier alpha value is -1.59. The molecular weight excluding hydrogens is 755 g/mol. The van der Waals surface area contributed by atoms with Crippen molar-refractivity contribution in [2.75, 3.05) is 13.2 Å². The van der Waals surface area contributed by atoms with Gasteiger partial charge >= 0.3 is 0 Å². The Morgan fingerprint density at radius 2 is 0.950 bits per heavy atom. The fraction of sp³-hybridized carbons (Fsp3) is 0.863. The number of aliphatic hydroxyl groups is 5. The van der Waals surface area contributed by atoms with Crippen LogP contribution in [-0.4, -0.2) is 87.5 Å². The second-order valence-electron chi connectivity index (χ2n) is 17.6.